The zero-order valence-electron chi connectivity index (χ0n) is 17.2. The van der Waals surface area contributed by atoms with E-state index in [4.69, 9.17) is 0 Å². The predicted molar refractivity (Wildman–Crippen MR) is 122 cm³/mol. The van der Waals surface area contributed by atoms with Gasteiger partial charge >= 0.3 is 0 Å². The monoisotopic (exact) mass is 472 g/mol. The van der Waals surface area contributed by atoms with Gasteiger partial charge in [-0.1, -0.05) is 28.1 Å². The van der Waals surface area contributed by atoms with Gasteiger partial charge in [-0.05, 0) is 56.8 Å². The molecule has 158 valence electrons. The fraction of sp³-hybridized carbons (Fsp3) is 0.318. The van der Waals surface area contributed by atoms with Crippen LogP contribution in [0.25, 0.3) is 0 Å². The Kier molecular flexibility index (Phi) is 6.89. The minimum absolute atomic E-state index is 0.0552. The van der Waals surface area contributed by atoms with E-state index in [9.17, 15) is 14.4 Å². The second kappa shape index (κ2) is 9.40. The summed E-state index contributed by atoms with van der Waals surface area (Å²) in [6.07, 6.45) is 0.216. The minimum Gasteiger partial charge on any atom is -0.325 e. The lowest BCUT2D eigenvalue weighted by Crippen LogP contribution is -2.45. The molecule has 1 aliphatic rings. The third kappa shape index (κ3) is 5.25. The summed E-state index contributed by atoms with van der Waals surface area (Å²) in [6.45, 7) is 3.89. The predicted octanol–water partition coefficient (Wildman–Crippen LogP) is 3.39. The third-order valence-electron chi connectivity index (χ3n) is 4.91. The van der Waals surface area contributed by atoms with Crippen LogP contribution in [0.5, 0.6) is 0 Å². The third-order valence-corrected chi connectivity index (χ3v) is 5.40. The number of amides is 3. The molecule has 0 fully saturated rings. The lowest BCUT2D eigenvalue weighted by atomic mass is 10.1. The van der Waals surface area contributed by atoms with Gasteiger partial charge < -0.3 is 15.5 Å². The number of hydrogen-bond acceptors (Lipinski definition) is 4. The molecule has 3 rings (SSSR count). The summed E-state index contributed by atoms with van der Waals surface area (Å²) < 4.78 is 0.945. The number of benzene rings is 2. The summed E-state index contributed by atoms with van der Waals surface area (Å²) in [5.74, 6) is -0.485. The minimum atomic E-state index is -0.284. The number of halogens is 1. The summed E-state index contributed by atoms with van der Waals surface area (Å²) >= 11 is 3.40. The van der Waals surface area contributed by atoms with Gasteiger partial charge in [-0.15, -0.1) is 0 Å². The van der Waals surface area contributed by atoms with E-state index in [-0.39, 0.29) is 43.3 Å². The number of nitrogens with one attached hydrogen (secondary N) is 2. The molecular formula is C22H25BrN4O3. The summed E-state index contributed by atoms with van der Waals surface area (Å²) in [6, 6.07) is 12.6. The average molecular weight is 473 g/mol. The van der Waals surface area contributed by atoms with E-state index in [1.165, 1.54) is 0 Å². The molecule has 3 amide bonds. The fourth-order valence-corrected chi connectivity index (χ4v) is 4.01. The van der Waals surface area contributed by atoms with Crippen molar-refractivity contribution >= 4 is 50.7 Å². The van der Waals surface area contributed by atoms with Crippen LogP contribution in [0.2, 0.25) is 0 Å². The summed E-state index contributed by atoms with van der Waals surface area (Å²) in [7, 11) is 1.73. The van der Waals surface area contributed by atoms with Crippen LogP contribution in [0.15, 0.2) is 46.9 Å². The van der Waals surface area contributed by atoms with Crippen LogP contribution < -0.4 is 15.5 Å². The van der Waals surface area contributed by atoms with Gasteiger partial charge in [0.1, 0.15) is 0 Å². The smallest absolute Gasteiger partial charge is 0.241 e. The molecule has 0 aliphatic carbocycles. The molecule has 0 spiro atoms. The van der Waals surface area contributed by atoms with E-state index in [0.717, 1.165) is 15.7 Å². The van der Waals surface area contributed by atoms with Gasteiger partial charge in [-0.2, -0.15) is 0 Å². The number of likely N-dealkylation sites (N-methyl/N-ethyl adjacent to an activating group) is 1. The van der Waals surface area contributed by atoms with E-state index in [0.29, 0.717) is 11.4 Å². The van der Waals surface area contributed by atoms with Gasteiger partial charge in [0, 0.05) is 22.6 Å². The summed E-state index contributed by atoms with van der Waals surface area (Å²) in [5, 5.41) is 5.73. The summed E-state index contributed by atoms with van der Waals surface area (Å²) in [4.78, 5) is 40.9. The topological polar surface area (TPSA) is 81.8 Å². The quantitative estimate of drug-likeness (QED) is 0.698. The first-order chi connectivity index (χ1) is 14.2. The molecule has 0 unspecified atom stereocenters. The highest BCUT2D eigenvalue weighted by atomic mass is 79.9. The Hall–Kier alpha value is -2.71. The van der Waals surface area contributed by atoms with Gasteiger partial charge in [0.2, 0.25) is 17.7 Å². The number of para-hydroxylation sites is 2. The SMILES string of the molecule is Cc1cc(Br)ccc1NC(=O)CN(C)CC(=O)N1c2ccccc2NC(=O)C[C@H]1C. The number of hydrogen-bond donors (Lipinski definition) is 2. The van der Waals surface area contributed by atoms with Crippen molar-refractivity contribution in [3.05, 3.63) is 52.5 Å². The Bertz CT molecular complexity index is 979. The first-order valence-corrected chi connectivity index (χ1v) is 10.5. The Morgan fingerprint density at radius 1 is 1.23 bits per heavy atom. The average Bonchev–Trinajstić information content (AvgIpc) is 2.77. The first-order valence-electron chi connectivity index (χ1n) is 9.70. The Balaban J connectivity index is 1.66. The molecule has 0 saturated carbocycles. The molecule has 0 saturated heterocycles. The fourth-order valence-electron chi connectivity index (χ4n) is 3.53. The molecule has 8 heteroatoms. The van der Waals surface area contributed by atoms with Gasteiger partial charge in [0.05, 0.1) is 24.5 Å². The van der Waals surface area contributed by atoms with E-state index >= 15 is 0 Å². The molecule has 1 aliphatic heterocycles. The zero-order valence-corrected chi connectivity index (χ0v) is 18.8. The molecule has 1 heterocycles. The van der Waals surface area contributed by atoms with Crippen LogP contribution in [-0.4, -0.2) is 48.8 Å². The highest BCUT2D eigenvalue weighted by molar-refractivity contribution is 9.10. The zero-order chi connectivity index (χ0) is 21.8. The Labute approximate surface area is 184 Å². The maximum atomic E-state index is 13.1. The van der Waals surface area contributed by atoms with Gasteiger partial charge in [0.15, 0.2) is 0 Å². The van der Waals surface area contributed by atoms with Crippen LogP contribution in [0, 0.1) is 6.92 Å². The number of carbonyl (C=O) groups excluding carboxylic acids is 3. The molecular weight excluding hydrogens is 448 g/mol. The number of fused-ring (bicyclic) bond motifs is 1. The largest absolute Gasteiger partial charge is 0.325 e. The molecule has 30 heavy (non-hydrogen) atoms. The van der Waals surface area contributed by atoms with Crippen LogP contribution in [-0.2, 0) is 14.4 Å². The van der Waals surface area contributed by atoms with Crippen molar-refractivity contribution < 1.29 is 14.4 Å². The van der Waals surface area contributed by atoms with Crippen molar-refractivity contribution in [1.82, 2.24) is 4.90 Å². The number of rotatable bonds is 5. The maximum absolute atomic E-state index is 13.1. The van der Waals surface area contributed by atoms with E-state index in [2.05, 4.69) is 26.6 Å². The van der Waals surface area contributed by atoms with Crippen molar-refractivity contribution in [2.45, 2.75) is 26.3 Å². The number of aryl methyl sites for hydroxylation is 1. The molecule has 2 N–H and O–H groups in total. The van der Waals surface area contributed by atoms with E-state index in [1.54, 1.807) is 22.9 Å². The van der Waals surface area contributed by atoms with Crippen molar-refractivity contribution in [2.24, 2.45) is 0 Å². The molecule has 0 bridgehead atoms. The molecule has 2 aromatic rings. The number of carbonyl (C=O) groups is 3. The molecule has 0 radical (unpaired) electrons. The standard InChI is InChI=1S/C22H25BrN4O3/c1-14-10-16(23)8-9-17(14)24-21(29)12-26(3)13-22(30)27-15(2)11-20(28)25-18-6-4-5-7-19(18)27/h4-10,15H,11-13H2,1-3H3,(H,24,29)(H,25,28)/t15-/m1/s1. The first kappa shape index (κ1) is 22.0. The number of nitrogens with zero attached hydrogens (tertiary/aromatic N) is 2. The summed E-state index contributed by atoms with van der Waals surface area (Å²) in [5.41, 5.74) is 2.97. The van der Waals surface area contributed by atoms with Gasteiger partial charge in [0.25, 0.3) is 0 Å². The van der Waals surface area contributed by atoms with Crippen molar-refractivity contribution in [2.75, 3.05) is 35.7 Å². The normalized spacial score (nSPS) is 16.0. The van der Waals surface area contributed by atoms with Crippen LogP contribution in [0.1, 0.15) is 18.9 Å². The Morgan fingerprint density at radius 3 is 2.70 bits per heavy atom. The van der Waals surface area contributed by atoms with Crippen LogP contribution in [0.3, 0.4) is 0 Å². The van der Waals surface area contributed by atoms with E-state index < -0.39 is 0 Å². The highest BCUT2D eigenvalue weighted by Crippen LogP contribution is 2.31. The molecule has 7 nitrogen and oxygen atoms in total. The van der Waals surface area contributed by atoms with Crippen molar-refractivity contribution in [1.29, 1.82) is 0 Å². The Morgan fingerprint density at radius 2 is 1.97 bits per heavy atom. The molecule has 0 aromatic heterocycles. The highest BCUT2D eigenvalue weighted by Gasteiger charge is 2.30. The maximum Gasteiger partial charge on any atom is 0.241 e. The van der Waals surface area contributed by atoms with Gasteiger partial charge in [-0.25, -0.2) is 0 Å². The van der Waals surface area contributed by atoms with E-state index in [1.807, 2.05) is 50.2 Å². The lowest BCUT2D eigenvalue weighted by molar-refractivity contribution is -0.121. The van der Waals surface area contributed by atoms with Crippen LogP contribution >= 0.6 is 15.9 Å². The van der Waals surface area contributed by atoms with Crippen LogP contribution in [0.4, 0.5) is 17.1 Å². The van der Waals surface area contributed by atoms with Crippen molar-refractivity contribution in [3.63, 3.8) is 0 Å². The second-order valence-corrected chi connectivity index (χ2v) is 8.48. The van der Waals surface area contributed by atoms with Gasteiger partial charge in [-0.3, -0.25) is 19.3 Å². The molecule has 2 aromatic carbocycles. The molecule has 1 atom stereocenters. The lowest BCUT2D eigenvalue weighted by Gasteiger charge is -2.29. The van der Waals surface area contributed by atoms with Crippen molar-refractivity contribution in [3.8, 4) is 0 Å². The number of anilines is 3. The second-order valence-electron chi connectivity index (χ2n) is 7.56.